The molecule has 1 aliphatic rings. The highest BCUT2D eigenvalue weighted by atomic mass is 14.6. The van der Waals surface area contributed by atoms with E-state index in [1.807, 2.05) is 0 Å². The molecule has 0 bridgehead atoms. The van der Waals surface area contributed by atoms with Gasteiger partial charge in [-0.15, -0.1) is 0 Å². The van der Waals surface area contributed by atoms with E-state index >= 15 is 0 Å². The summed E-state index contributed by atoms with van der Waals surface area (Å²) in [4.78, 5) is 0. The molecule has 0 spiro atoms. The molecular formula is C10H21N. The first-order valence-corrected chi connectivity index (χ1v) is 4.87. The van der Waals surface area contributed by atoms with E-state index in [9.17, 15) is 0 Å². The van der Waals surface area contributed by atoms with E-state index in [-0.39, 0.29) is 0 Å². The molecule has 1 aliphatic carbocycles. The van der Waals surface area contributed by atoms with Gasteiger partial charge < -0.3 is 5.73 Å². The van der Waals surface area contributed by atoms with Gasteiger partial charge in [-0.05, 0) is 37.0 Å². The third-order valence-electron chi connectivity index (χ3n) is 3.15. The fraction of sp³-hybridized carbons (Fsp3) is 1.00. The number of nitrogens with two attached hydrogens (primary N) is 1. The van der Waals surface area contributed by atoms with Gasteiger partial charge in [0, 0.05) is 6.04 Å². The number of rotatable bonds is 1. The molecule has 0 heterocycles. The summed E-state index contributed by atoms with van der Waals surface area (Å²) in [5, 5.41) is 0. The summed E-state index contributed by atoms with van der Waals surface area (Å²) < 4.78 is 0. The van der Waals surface area contributed by atoms with Crippen molar-refractivity contribution in [1.82, 2.24) is 0 Å². The molecule has 0 aliphatic heterocycles. The average molecular weight is 155 g/mol. The van der Waals surface area contributed by atoms with Crippen LogP contribution in [0.5, 0.6) is 0 Å². The Morgan fingerprint density at radius 1 is 1.27 bits per heavy atom. The molecule has 0 radical (unpaired) electrons. The maximum absolute atomic E-state index is 5.93. The van der Waals surface area contributed by atoms with E-state index < -0.39 is 0 Å². The Balaban J connectivity index is 2.47. The van der Waals surface area contributed by atoms with Crippen molar-refractivity contribution in [2.45, 2.75) is 46.1 Å². The maximum Gasteiger partial charge on any atom is 0.00417 e. The van der Waals surface area contributed by atoms with Gasteiger partial charge in [0.2, 0.25) is 0 Å². The highest BCUT2D eigenvalue weighted by molar-refractivity contribution is 4.81. The van der Waals surface area contributed by atoms with Gasteiger partial charge in [-0.2, -0.15) is 0 Å². The van der Waals surface area contributed by atoms with Crippen LogP contribution in [0.25, 0.3) is 0 Å². The standard InChI is InChI=1S/C10H21N/c1-7(2)10-6-9(11)5-4-8(10)3/h7-10H,4-6,11H2,1-3H3/t8-,9+,10+/m1/s1. The minimum Gasteiger partial charge on any atom is -0.328 e. The van der Waals surface area contributed by atoms with Crippen molar-refractivity contribution in [3.05, 3.63) is 0 Å². The predicted molar refractivity (Wildman–Crippen MR) is 49.3 cm³/mol. The molecule has 0 unspecified atom stereocenters. The largest absolute Gasteiger partial charge is 0.328 e. The lowest BCUT2D eigenvalue weighted by atomic mass is 9.73. The van der Waals surface area contributed by atoms with Crippen LogP contribution in [0.2, 0.25) is 0 Å². The van der Waals surface area contributed by atoms with Gasteiger partial charge in [-0.3, -0.25) is 0 Å². The first kappa shape index (κ1) is 9.05. The molecule has 0 aromatic carbocycles. The van der Waals surface area contributed by atoms with E-state index in [0.29, 0.717) is 6.04 Å². The van der Waals surface area contributed by atoms with Gasteiger partial charge in [0.1, 0.15) is 0 Å². The van der Waals surface area contributed by atoms with E-state index in [1.54, 1.807) is 0 Å². The average Bonchev–Trinajstić information content (AvgIpc) is 1.94. The molecule has 0 saturated heterocycles. The molecule has 1 heteroatoms. The Kier molecular flexibility index (Phi) is 2.94. The van der Waals surface area contributed by atoms with Crippen LogP contribution in [0.4, 0.5) is 0 Å². The van der Waals surface area contributed by atoms with Crippen LogP contribution in [0.1, 0.15) is 40.0 Å². The summed E-state index contributed by atoms with van der Waals surface area (Å²) in [7, 11) is 0. The lowest BCUT2D eigenvalue weighted by Crippen LogP contribution is -2.34. The Hall–Kier alpha value is -0.0400. The second-order valence-corrected chi connectivity index (χ2v) is 4.46. The quantitative estimate of drug-likeness (QED) is 0.618. The summed E-state index contributed by atoms with van der Waals surface area (Å²) >= 11 is 0. The van der Waals surface area contributed by atoms with Gasteiger partial charge in [0.25, 0.3) is 0 Å². The monoisotopic (exact) mass is 155 g/mol. The zero-order valence-corrected chi connectivity index (χ0v) is 8.01. The molecule has 1 saturated carbocycles. The van der Waals surface area contributed by atoms with Gasteiger partial charge in [0.15, 0.2) is 0 Å². The van der Waals surface area contributed by atoms with Crippen LogP contribution in [0.3, 0.4) is 0 Å². The van der Waals surface area contributed by atoms with Gasteiger partial charge in [0.05, 0.1) is 0 Å². The highest BCUT2D eigenvalue weighted by Crippen LogP contribution is 2.33. The van der Waals surface area contributed by atoms with Gasteiger partial charge in [-0.25, -0.2) is 0 Å². The Bertz CT molecular complexity index is 120. The molecule has 66 valence electrons. The second kappa shape index (κ2) is 3.57. The third kappa shape index (κ3) is 2.19. The molecule has 1 fully saturated rings. The molecule has 3 atom stereocenters. The van der Waals surface area contributed by atoms with Crippen molar-refractivity contribution in [2.75, 3.05) is 0 Å². The van der Waals surface area contributed by atoms with Crippen LogP contribution in [0, 0.1) is 17.8 Å². The summed E-state index contributed by atoms with van der Waals surface area (Å²) in [6, 6.07) is 0.485. The topological polar surface area (TPSA) is 26.0 Å². The van der Waals surface area contributed by atoms with Crippen LogP contribution in [-0.4, -0.2) is 6.04 Å². The van der Waals surface area contributed by atoms with Crippen molar-refractivity contribution in [1.29, 1.82) is 0 Å². The predicted octanol–water partition coefficient (Wildman–Crippen LogP) is 2.41. The summed E-state index contributed by atoms with van der Waals surface area (Å²) in [5.74, 6) is 2.59. The molecule has 11 heavy (non-hydrogen) atoms. The zero-order valence-electron chi connectivity index (χ0n) is 8.01. The van der Waals surface area contributed by atoms with Crippen molar-refractivity contribution < 1.29 is 0 Å². The number of hydrogen-bond acceptors (Lipinski definition) is 1. The van der Waals surface area contributed by atoms with Gasteiger partial charge in [-0.1, -0.05) is 20.8 Å². The lowest BCUT2D eigenvalue weighted by Gasteiger charge is -2.35. The van der Waals surface area contributed by atoms with Gasteiger partial charge >= 0.3 is 0 Å². The lowest BCUT2D eigenvalue weighted by molar-refractivity contribution is 0.178. The minimum absolute atomic E-state index is 0.485. The zero-order chi connectivity index (χ0) is 8.43. The summed E-state index contributed by atoms with van der Waals surface area (Å²) in [6.07, 6.45) is 3.83. The Morgan fingerprint density at radius 3 is 2.36 bits per heavy atom. The molecule has 0 aromatic rings. The smallest absolute Gasteiger partial charge is 0.00417 e. The molecule has 0 amide bonds. The van der Waals surface area contributed by atoms with E-state index in [2.05, 4.69) is 20.8 Å². The molecule has 0 aromatic heterocycles. The summed E-state index contributed by atoms with van der Waals surface area (Å²) in [6.45, 7) is 7.01. The summed E-state index contributed by atoms with van der Waals surface area (Å²) in [5.41, 5.74) is 5.93. The first-order chi connectivity index (χ1) is 5.11. The third-order valence-corrected chi connectivity index (χ3v) is 3.15. The van der Waals surface area contributed by atoms with Crippen molar-refractivity contribution >= 4 is 0 Å². The Labute approximate surface area is 70.4 Å². The normalized spacial score (nSPS) is 39.5. The number of hydrogen-bond donors (Lipinski definition) is 1. The van der Waals surface area contributed by atoms with Crippen LogP contribution in [0.15, 0.2) is 0 Å². The highest BCUT2D eigenvalue weighted by Gasteiger charge is 2.27. The fourth-order valence-electron chi connectivity index (χ4n) is 2.32. The second-order valence-electron chi connectivity index (χ2n) is 4.46. The van der Waals surface area contributed by atoms with E-state index in [4.69, 9.17) is 5.73 Å². The van der Waals surface area contributed by atoms with Crippen LogP contribution in [-0.2, 0) is 0 Å². The maximum atomic E-state index is 5.93. The molecule has 2 N–H and O–H groups in total. The molecule has 1 rings (SSSR count). The molecule has 1 nitrogen and oxygen atoms in total. The SMILES string of the molecule is CC(C)[C@@H]1C[C@@H](N)CC[C@H]1C. The van der Waals surface area contributed by atoms with Crippen molar-refractivity contribution in [3.8, 4) is 0 Å². The van der Waals surface area contributed by atoms with E-state index in [0.717, 1.165) is 17.8 Å². The van der Waals surface area contributed by atoms with Crippen molar-refractivity contribution in [3.63, 3.8) is 0 Å². The van der Waals surface area contributed by atoms with Crippen LogP contribution >= 0.6 is 0 Å². The van der Waals surface area contributed by atoms with Crippen LogP contribution < -0.4 is 5.73 Å². The van der Waals surface area contributed by atoms with Crippen molar-refractivity contribution in [2.24, 2.45) is 23.5 Å². The molecular weight excluding hydrogens is 134 g/mol. The first-order valence-electron chi connectivity index (χ1n) is 4.87. The fourth-order valence-corrected chi connectivity index (χ4v) is 2.32. The minimum atomic E-state index is 0.485. The Morgan fingerprint density at radius 2 is 1.91 bits per heavy atom. The van der Waals surface area contributed by atoms with E-state index in [1.165, 1.54) is 19.3 Å².